The van der Waals surface area contributed by atoms with Crippen molar-refractivity contribution in [3.05, 3.63) is 0 Å². The summed E-state index contributed by atoms with van der Waals surface area (Å²) in [5.74, 6) is 1.20. The molecule has 3 unspecified atom stereocenters. The summed E-state index contributed by atoms with van der Waals surface area (Å²) < 4.78 is 0. The molecule has 0 aromatic rings. The molecule has 14 heavy (non-hydrogen) atoms. The molecule has 7 fully saturated rings. The monoisotopic (exact) mass is 188 g/mol. The Hall–Kier alpha value is 0. The van der Waals surface area contributed by atoms with Gasteiger partial charge in [-0.3, -0.25) is 0 Å². The van der Waals surface area contributed by atoms with Gasteiger partial charge in [-0.25, -0.2) is 0 Å². The van der Waals surface area contributed by atoms with Crippen molar-refractivity contribution in [1.29, 1.82) is 0 Å². The standard InChI is InChI=1S/C14H20/c1-11-5-6-13(11)7-12(8-13)9-14(11)4-2-3-10(12)14/h10H,2-9H2,1H3. The fourth-order valence-electron chi connectivity index (χ4n) is 7.52. The van der Waals surface area contributed by atoms with Crippen LogP contribution in [0.5, 0.6) is 0 Å². The zero-order chi connectivity index (χ0) is 9.23. The fraction of sp³-hybridized carbons (Fsp3) is 1.00. The third kappa shape index (κ3) is 0.378. The first kappa shape index (κ1) is 7.30. The molecule has 0 N–H and O–H groups in total. The van der Waals surface area contributed by atoms with Crippen molar-refractivity contribution < 1.29 is 0 Å². The van der Waals surface area contributed by atoms with Gasteiger partial charge in [0.15, 0.2) is 0 Å². The van der Waals surface area contributed by atoms with E-state index in [-0.39, 0.29) is 0 Å². The van der Waals surface area contributed by atoms with Crippen LogP contribution in [-0.4, -0.2) is 0 Å². The van der Waals surface area contributed by atoms with Crippen molar-refractivity contribution >= 4 is 0 Å². The molecular formula is C14H20. The van der Waals surface area contributed by atoms with E-state index >= 15 is 0 Å². The van der Waals surface area contributed by atoms with Crippen LogP contribution in [0.2, 0.25) is 0 Å². The summed E-state index contributed by atoms with van der Waals surface area (Å²) >= 11 is 0. The van der Waals surface area contributed by atoms with Crippen LogP contribution in [0.25, 0.3) is 0 Å². The normalized spacial score (nSPS) is 76.5. The van der Waals surface area contributed by atoms with Crippen molar-refractivity contribution in [3.63, 3.8) is 0 Å². The van der Waals surface area contributed by atoms with Crippen molar-refractivity contribution in [1.82, 2.24) is 0 Å². The van der Waals surface area contributed by atoms with E-state index in [9.17, 15) is 0 Å². The van der Waals surface area contributed by atoms with Gasteiger partial charge in [0.05, 0.1) is 0 Å². The first-order chi connectivity index (χ1) is 6.67. The van der Waals surface area contributed by atoms with E-state index in [2.05, 4.69) is 6.92 Å². The third-order valence-electron chi connectivity index (χ3n) is 7.94. The minimum Gasteiger partial charge on any atom is -0.0586 e. The zero-order valence-electron chi connectivity index (χ0n) is 9.23. The summed E-state index contributed by atoms with van der Waals surface area (Å²) in [6.45, 7) is 2.68. The summed E-state index contributed by atoms with van der Waals surface area (Å²) in [6.07, 6.45) is 12.9. The molecule has 0 heterocycles. The van der Waals surface area contributed by atoms with Crippen LogP contribution in [-0.2, 0) is 0 Å². The number of hydrogen-bond donors (Lipinski definition) is 0. The van der Waals surface area contributed by atoms with Crippen LogP contribution in [0.1, 0.15) is 58.3 Å². The Morgan fingerprint density at radius 2 is 1.86 bits per heavy atom. The fourth-order valence-corrected chi connectivity index (χ4v) is 7.52. The summed E-state index contributed by atoms with van der Waals surface area (Å²) in [4.78, 5) is 0. The lowest BCUT2D eigenvalue weighted by Crippen LogP contribution is -2.83. The number of hydrogen-bond acceptors (Lipinski definition) is 0. The topological polar surface area (TPSA) is 0 Å². The highest BCUT2D eigenvalue weighted by Crippen LogP contribution is 2.96. The van der Waals surface area contributed by atoms with Crippen LogP contribution in [0, 0.1) is 27.6 Å². The second-order valence-corrected chi connectivity index (χ2v) is 7.61. The lowest BCUT2D eigenvalue weighted by molar-refractivity contribution is -0.420. The largest absolute Gasteiger partial charge is 0.0586 e. The molecule has 3 spiro atoms. The molecule has 0 nitrogen and oxygen atoms in total. The van der Waals surface area contributed by atoms with E-state index in [4.69, 9.17) is 0 Å². The molecular weight excluding hydrogens is 168 g/mol. The Balaban J connectivity index is 1.77. The zero-order valence-corrected chi connectivity index (χ0v) is 9.23. The van der Waals surface area contributed by atoms with Gasteiger partial charge in [0.2, 0.25) is 0 Å². The molecule has 0 aromatic heterocycles. The lowest BCUT2D eigenvalue weighted by atomic mass is 9.13. The van der Waals surface area contributed by atoms with Gasteiger partial charge in [0.1, 0.15) is 0 Å². The SMILES string of the molecule is CC12CCC13CC1(C3)CC23CCCC13. The van der Waals surface area contributed by atoms with Crippen LogP contribution in [0.4, 0.5) is 0 Å². The quantitative estimate of drug-likeness (QED) is 0.543. The molecule has 0 heteroatoms. The molecule has 0 saturated heterocycles. The first-order valence-corrected chi connectivity index (χ1v) is 6.67. The Morgan fingerprint density at radius 1 is 1.00 bits per heavy atom. The molecule has 0 amide bonds. The Bertz CT molecular complexity index is 349. The average Bonchev–Trinajstić information content (AvgIpc) is 2.39. The van der Waals surface area contributed by atoms with Gasteiger partial charge in [-0.2, -0.15) is 0 Å². The van der Waals surface area contributed by atoms with E-state index in [1.54, 1.807) is 51.4 Å². The maximum absolute atomic E-state index is 2.68. The highest BCUT2D eigenvalue weighted by molar-refractivity contribution is 5.37. The van der Waals surface area contributed by atoms with Gasteiger partial charge in [0.25, 0.3) is 0 Å². The van der Waals surface area contributed by atoms with Gasteiger partial charge in [0, 0.05) is 0 Å². The van der Waals surface area contributed by atoms with Crippen molar-refractivity contribution in [2.24, 2.45) is 27.6 Å². The molecule has 7 saturated carbocycles. The Labute approximate surface area is 86.5 Å². The van der Waals surface area contributed by atoms with Crippen LogP contribution >= 0.6 is 0 Å². The van der Waals surface area contributed by atoms with E-state index < -0.39 is 0 Å². The molecule has 76 valence electrons. The molecule has 7 rings (SSSR count). The van der Waals surface area contributed by atoms with E-state index in [0.29, 0.717) is 0 Å². The number of rotatable bonds is 0. The predicted molar refractivity (Wildman–Crippen MR) is 55.8 cm³/mol. The molecule has 7 aliphatic carbocycles. The molecule has 0 radical (unpaired) electrons. The van der Waals surface area contributed by atoms with Crippen molar-refractivity contribution in [2.45, 2.75) is 58.3 Å². The highest BCUT2D eigenvalue weighted by Gasteiger charge is 2.88. The third-order valence-corrected chi connectivity index (χ3v) is 7.94. The minimum absolute atomic E-state index is 0.821. The second-order valence-electron chi connectivity index (χ2n) is 7.61. The van der Waals surface area contributed by atoms with E-state index in [1.807, 2.05) is 0 Å². The van der Waals surface area contributed by atoms with E-state index in [1.165, 1.54) is 5.92 Å². The van der Waals surface area contributed by atoms with Crippen LogP contribution in [0.15, 0.2) is 0 Å². The minimum atomic E-state index is 0.821. The van der Waals surface area contributed by atoms with Gasteiger partial charge in [-0.15, -0.1) is 0 Å². The highest BCUT2D eigenvalue weighted by atomic mass is 14.9. The lowest BCUT2D eigenvalue weighted by Gasteiger charge is -2.91. The van der Waals surface area contributed by atoms with Gasteiger partial charge < -0.3 is 0 Å². The molecule has 0 aromatic carbocycles. The molecule has 3 atom stereocenters. The van der Waals surface area contributed by atoms with E-state index in [0.717, 1.165) is 21.7 Å². The molecule has 3 bridgehead atoms. The average molecular weight is 188 g/mol. The Morgan fingerprint density at radius 3 is 2.57 bits per heavy atom. The summed E-state index contributed by atoms with van der Waals surface area (Å²) in [6, 6.07) is 0. The van der Waals surface area contributed by atoms with Crippen LogP contribution in [0.3, 0.4) is 0 Å². The second kappa shape index (κ2) is 1.53. The Kier molecular flexibility index (Phi) is 0.797. The summed E-state index contributed by atoms with van der Waals surface area (Å²) in [5.41, 5.74) is 3.53. The maximum Gasteiger partial charge on any atom is -0.0199 e. The molecule has 0 aliphatic heterocycles. The van der Waals surface area contributed by atoms with Gasteiger partial charge in [-0.1, -0.05) is 13.3 Å². The van der Waals surface area contributed by atoms with Crippen molar-refractivity contribution in [3.8, 4) is 0 Å². The van der Waals surface area contributed by atoms with Gasteiger partial charge in [-0.05, 0) is 72.5 Å². The van der Waals surface area contributed by atoms with Gasteiger partial charge >= 0.3 is 0 Å². The predicted octanol–water partition coefficient (Wildman–Crippen LogP) is 3.76. The maximum atomic E-state index is 2.68. The van der Waals surface area contributed by atoms with Crippen LogP contribution < -0.4 is 0 Å². The van der Waals surface area contributed by atoms with Crippen molar-refractivity contribution in [2.75, 3.05) is 0 Å². The summed E-state index contributed by atoms with van der Waals surface area (Å²) in [5, 5.41) is 0. The smallest absolute Gasteiger partial charge is 0.0199 e. The first-order valence-electron chi connectivity index (χ1n) is 6.67. The summed E-state index contributed by atoms with van der Waals surface area (Å²) in [7, 11) is 0. The molecule has 7 aliphatic rings.